The first kappa shape index (κ1) is 18.4. The van der Waals surface area contributed by atoms with Crippen LogP contribution in [0, 0.1) is 0 Å². The van der Waals surface area contributed by atoms with Crippen LogP contribution >= 0.6 is 0 Å². The van der Waals surface area contributed by atoms with Crippen molar-refractivity contribution in [2.45, 2.75) is 19.3 Å². The van der Waals surface area contributed by atoms with Gasteiger partial charge in [0, 0.05) is 27.9 Å². The van der Waals surface area contributed by atoms with Crippen LogP contribution in [0.15, 0.2) is 78.9 Å². The topological polar surface area (TPSA) is 47.0 Å². The van der Waals surface area contributed by atoms with E-state index in [-0.39, 0.29) is 5.41 Å². The van der Waals surface area contributed by atoms with Gasteiger partial charge < -0.3 is 10.1 Å². The molecular weight excluding hydrogens is 370 g/mol. The Labute approximate surface area is 176 Å². The fraction of sp³-hybridized carbons (Fsp3) is 0.154. The van der Waals surface area contributed by atoms with Crippen LogP contribution in [0.3, 0.4) is 0 Å². The molecule has 4 heteroatoms. The van der Waals surface area contributed by atoms with Crippen LogP contribution in [0.4, 0.5) is 11.4 Å². The number of anilines is 2. The van der Waals surface area contributed by atoms with Gasteiger partial charge in [0.25, 0.3) is 0 Å². The second-order valence-electron chi connectivity index (χ2n) is 8.06. The molecule has 1 aliphatic heterocycles. The summed E-state index contributed by atoms with van der Waals surface area (Å²) in [6.45, 7) is 4.54. The highest BCUT2D eigenvalue weighted by Crippen LogP contribution is 2.48. The van der Waals surface area contributed by atoms with Crippen molar-refractivity contribution in [2.75, 3.05) is 12.4 Å². The normalized spacial score (nSPS) is 13.7. The van der Waals surface area contributed by atoms with Crippen LogP contribution in [0.5, 0.6) is 5.75 Å². The zero-order valence-electron chi connectivity index (χ0n) is 17.3. The minimum Gasteiger partial charge on any atom is -0.497 e. The van der Waals surface area contributed by atoms with Gasteiger partial charge in [-0.3, -0.25) is 0 Å². The van der Waals surface area contributed by atoms with Gasteiger partial charge in [-0.2, -0.15) is 0 Å². The Kier molecular flexibility index (Phi) is 4.28. The Morgan fingerprint density at radius 3 is 2.30 bits per heavy atom. The molecule has 4 aromatic rings. The molecule has 0 bridgehead atoms. The van der Waals surface area contributed by atoms with Crippen LogP contribution in [-0.4, -0.2) is 17.3 Å². The SMILES string of the molecule is COc1cccc(-c2ccc(-c3cccc4c3C(C)(C)c3ccccc3N4)nn2)c1. The lowest BCUT2D eigenvalue weighted by molar-refractivity contribution is 0.415. The van der Waals surface area contributed by atoms with Gasteiger partial charge in [0.15, 0.2) is 0 Å². The second kappa shape index (κ2) is 6.99. The minimum atomic E-state index is -0.152. The molecule has 0 amide bonds. The molecule has 0 aliphatic carbocycles. The number of hydrogen-bond acceptors (Lipinski definition) is 4. The third-order valence-electron chi connectivity index (χ3n) is 5.87. The molecule has 30 heavy (non-hydrogen) atoms. The van der Waals surface area contributed by atoms with E-state index in [9.17, 15) is 0 Å². The third kappa shape index (κ3) is 2.92. The number of ether oxygens (including phenoxy) is 1. The molecular formula is C26H23N3O. The maximum Gasteiger partial charge on any atom is 0.119 e. The molecule has 2 heterocycles. The molecule has 0 saturated heterocycles. The summed E-state index contributed by atoms with van der Waals surface area (Å²) >= 11 is 0. The number of nitrogens with one attached hydrogen (secondary N) is 1. The zero-order chi connectivity index (χ0) is 20.7. The highest BCUT2D eigenvalue weighted by Gasteiger charge is 2.34. The van der Waals surface area contributed by atoms with Crippen molar-refractivity contribution < 1.29 is 4.74 Å². The lowest BCUT2D eigenvalue weighted by atomic mass is 9.72. The van der Waals surface area contributed by atoms with Crippen molar-refractivity contribution in [3.8, 4) is 28.3 Å². The van der Waals surface area contributed by atoms with Gasteiger partial charge in [0.05, 0.1) is 18.5 Å². The molecule has 3 aromatic carbocycles. The standard InChI is InChI=1S/C26H23N3O/c1-26(2)20-11-4-5-12-23(20)27-24-13-7-10-19(25(24)26)22-15-14-21(28-29-22)17-8-6-9-18(16-17)30-3/h4-16,27H,1-3H3. The molecule has 0 fully saturated rings. The van der Waals surface area contributed by atoms with Crippen molar-refractivity contribution in [3.05, 3.63) is 90.0 Å². The maximum atomic E-state index is 5.33. The van der Waals surface area contributed by atoms with Crippen molar-refractivity contribution in [1.29, 1.82) is 0 Å². The van der Waals surface area contributed by atoms with Crippen LogP contribution in [0.25, 0.3) is 22.5 Å². The van der Waals surface area contributed by atoms with Gasteiger partial charge in [0.1, 0.15) is 5.75 Å². The first-order valence-electron chi connectivity index (χ1n) is 10.1. The number of aromatic nitrogens is 2. The van der Waals surface area contributed by atoms with E-state index >= 15 is 0 Å². The van der Waals surface area contributed by atoms with Crippen LogP contribution < -0.4 is 10.1 Å². The van der Waals surface area contributed by atoms with E-state index in [1.54, 1.807) is 7.11 Å². The third-order valence-corrected chi connectivity index (χ3v) is 5.87. The lowest BCUT2D eigenvalue weighted by Gasteiger charge is -2.37. The fourth-order valence-electron chi connectivity index (χ4n) is 4.37. The van der Waals surface area contributed by atoms with Gasteiger partial charge >= 0.3 is 0 Å². The summed E-state index contributed by atoms with van der Waals surface area (Å²) in [5, 5.41) is 12.7. The molecule has 1 aromatic heterocycles. The van der Waals surface area contributed by atoms with E-state index in [0.717, 1.165) is 39.6 Å². The monoisotopic (exact) mass is 393 g/mol. The number of benzene rings is 3. The Bertz CT molecular complexity index is 1230. The van der Waals surface area contributed by atoms with Gasteiger partial charge in [-0.15, -0.1) is 10.2 Å². The molecule has 0 unspecified atom stereocenters. The van der Waals surface area contributed by atoms with Crippen LogP contribution in [-0.2, 0) is 5.41 Å². The molecule has 0 saturated carbocycles. The van der Waals surface area contributed by atoms with Gasteiger partial charge in [-0.1, -0.05) is 56.3 Å². The van der Waals surface area contributed by atoms with Crippen LogP contribution in [0.1, 0.15) is 25.0 Å². The van der Waals surface area contributed by atoms with Crippen molar-refractivity contribution in [1.82, 2.24) is 10.2 Å². The second-order valence-corrected chi connectivity index (χ2v) is 8.06. The smallest absolute Gasteiger partial charge is 0.119 e. The summed E-state index contributed by atoms with van der Waals surface area (Å²) in [4.78, 5) is 0. The minimum absolute atomic E-state index is 0.152. The first-order valence-corrected chi connectivity index (χ1v) is 10.1. The predicted octanol–water partition coefficient (Wildman–Crippen LogP) is 6.20. The highest BCUT2D eigenvalue weighted by atomic mass is 16.5. The molecule has 0 spiro atoms. The van der Waals surface area contributed by atoms with Crippen molar-refractivity contribution in [3.63, 3.8) is 0 Å². The number of nitrogens with zero attached hydrogens (tertiary/aromatic N) is 2. The Morgan fingerprint density at radius 1 is 0.767 bits per heavy atom. The van der Waals surface area contributed by atoms with Crippen LogP contribution in [0.2, 0.25) is 0 Å². The highest BCUT2D eigenvalue weighted by molar-refractivity contribution is 5.83. The molecule has 5 rings (SSSR count). The average Bonchev–Trinajstić information content (AvgIpc) is 2.79. The number of hydrogen-bond donors (Lipinski definition) is 1. The van der Waals surface area contributed by atoms with E-state index in [4.69, 9.17) is 4.74 Å². The van der Waals surface area contributed by atoms with Gasteiger partial charge in [0.2, 0.25) is 0 Å². The fourth-order valence-corrected chi connectivity index (χ4v) is 4.37. The summed E-state index contributed by atoms with van der Waals surface area (Å²) in [5.74, 6) is 0.807. The molecule has 1 N–H and O–H groups in total. The van der Waals surface area contributed by atoms with E-state index in [0.29, 0.717) is 0 Å². The van der Waals surface area contributed by atoms with Gasteiger partial charge in [-0.25, -0.2) is 0 Å². The Balaban J connectivity index is 1.59. The zero-order valence-corrected chi connectivity index (χ0v) is 17.3. The largest absolute Gasteiger partial charge is 0.497 e. The Hall–Kier alpha value is -3.66. The van der Waals surface area contributed by atoms with E-state index in [1.807, 2.05) is 36.4 Å². The molecule has 4 nitrogen and oxygen atoms in total. The summed E-state index contributed by atoms with van der Waals surface area (Å²) in [5.41, 5.74) is 8.43. The summed E-state index contributed by atoms with van der Waals surface area (Å²) < 4.78 is 5.33. The van der Waals surface area contributed by atoms with E-state index in [2.05, 4.69) is 71.8 Å². The molecule has 1 aliphatic rings. The van der Waals surface area contributed by atoms with E-state index in [1.165, 1.54) is 11.1 Å². The lowest BCUT2D eigenvalue weighted by Crippen LogP contribution is -2.26. The first-order chi connectivity index (χ1) is 14.6. The molecule has 0 radical (unpaired) electrons. The van der Waals surface area contributed by atoms with Crippen molar-refractivity contribution >= 4 is 11.4 Å². The summed E-state index contributed by atoms with van der Waals surface area (Å²) in [6, 6.07) is 26.8. The Morgan fingerprint density at radius 2 is 1.50 bits per heavy atom. The number of rotatable bonds is 3. The summed E-state index contributed by atoms with van der Waals surface area (Å²) in [6.07, 6.45) is 0. The summed E-state index contributed by atoms with van der Waals surface area (Å²) in [7, 11) is 1.67. The van der Waals surface area contributed by atoms with Crippen molar-refractivity contribution in [2.24, 2.45) is 0 Å². The van der Waals surface area contributed by atoms with E-state index < -0.39 is 0 Å². The average molecular weight is 393 g/mol. The van der Waals surface area contributed by atoms with Gasteiger partial charge in [-0.05, 0) is 47.5 Å². The number of methoxy groups -OCH3 is 1. The predicted molar refractivity (Wildman–Crippen MR) is 121 cm³/mol. The molecule has 0 atom stereocenters. The maximum absolute atomic E-state index is 5.33. The quantitative estimate of drug-likeness (QED) is 0.450. The molecule has 148 valence electrons. The number of para-hydroxylation sites is 1. The number of fused-ring (bicyclic) bond motifs is 2.